The number of allylic oxidation sites excluding steroid dienone is 1. The van der Waals surface area contributed by atoms with E-state index >= 15 is 0 Å². The summed E-state index contributed by atoms with van der Waals surface area (Å²) in [6, 6.07) is 4.97. The van der Waals surface area contributed by atoms with Crippen LogP contribution in [0.3, 0.4) is 0 Å². The first kappa shape index (κ1) is 56.8. The molecule has 1 amide bonds. The third-order valence-electron chi connectivity index (χ3n) is 9.85. The zero-order chi connectivity index (χ0) is 48.5. The highest BCUT2D eigenvalue weighted by atomic mass is 16.7. The van der Waals surface area contributed by atoms with Gasteiger partial charge in [-0.1, -0.05) is 75.7 Å². The summed E-state index contributed by atoms with van der Waals surface area (Å²) in [6.07, 6.45) is 7.97. The van der Waals surface area contributed by atoms with E-state index in [0.29, 0.717) is 37.0 Å². The van der Waals surface area contributed by atoms with Crippen molar-refractivity contribution in [2.45, 2.75) is 183 Å². The van der Waals surface area contributed by atoms with Gasteiger partial charge in [-0.3, -0.25) is 24.0 Å². The average molecular weight is 900 g/mol. The number of rotatable bonds is 29. The molecule has 5 atom stereocenters. The monoisotopic (exact) mass is 900 g/mol. The standard InChI is InChI=1S/C49H73NO14/c1-11-13-15-18-21-24-37(51)25-22-19-16-17-20-23-26-39(49(59,44(55)56)33-41(52)61-34(3)63-45(57)47(5,6)7)42(53)50-40(43(54)62-35(4)64-46(58)48(8,9)10)32-36-27-29-38(30-28-36)60-31-14-12-2/h23,26-30,34-35,39-40,59H,11,13,15-22,24-25,31-33H2,1-10H3,(H,50,53)(H,55,56)/b26-23+/t34?,35?,39-,40+,49+/m1/s1. The summed E-state index contributed by atoms with van der Waals surface area (Å²) in [6.45, 7) is 16.1. The summed E-state index contributed by atoms with van der Waals surface area (Å²) < 4.78 is 26.6. The van der Waals surface area contributed by atoms with Crippen molar-refractivity contribution >= 4 is 41.5 Å². The van der Waals surface area contributed by atoms with Crippen molar-refractivity contribution in [2.75, 3.05) is 6.61 Å². The minimum absolute atomic E-state index is 0.141. The van der Waals surface area contributed by atoms with Crippen molar-refractivity contribution in [2.24, 2.45) is 16.7 Å². The molecule has 0 bridgehead atoms. The van der Waals surface area contributed by atoms with Gasteiger partial charge in [0.1, 0.15) is 24.2 Å². The number of benzene rings is 1. The van der Waals surface area contributed by atoms with Crippen LogP contribution in [0, 0.1) is 28.6 Å². The molecule has 0 aliphatic rings. The summed E-state index contributed by atoms with van der Waals surface area (Å²) >= 11 is 0. The Morgan fingerprint density at radius 1 is 0.750 bits per heavy atom. The van der Waals surface area contributed by atoms with Gasteiger partial charge in [0.15, 0.2) is 5.60 Å². The van der Waals surface area contributed by atoms with E-state index in [0.717, 1.165) is 51.0 Å². The van der Waals surface area contributed by atoms with Crippen LogP contribution in [0.5, 0.6) is 5.75 Å². The summed E-state index contributed by atoms with van der Waals surface area (Å²) in [4.78, 5) is 91.3. The number of unbranched alkanes of at least 4 members (excludes halogenated alkanes) is 8. The van der Waals surface area contributed by atoms with Crippen LogP contribution in [0.25, 0.3) is 0 Å². The van der Waals surface area contributed by atoms with Gasteiger partial charge >= 0.3 is 29.8 Å². The number of Topliss-reactive ketones (excluding diaryl/α,β-unsaturated/α-hetero) is 1. The van der Waals surface area contributed by atoms with Crippen LogP contribution < -0.4 is 10.1 Å². The number of ether oxygens (including phenoxy) is 5. The molecule has 0 aliphatic heterocycles. The highest BCUT2D eigenvalue weighted by Crippen LogP contribution is 2.28. The number of carboxylic acid groups (broad SMARTS) is 1. The predicted octanol–water partition coefficient (Wildman–Crippen LogP) is 7.72. The van der Waals surface area contributed by atoms with Gasteiger partial charge in [-0.15, -0.1) is 5.92 Å². The van der Waals surface area contributed by atoms with Gasteiger partial charge in [0.05, 0.1) is 23.2 Å². The molecule has 15 heteroatoms. The lowest BCUT2D eigenvalue weighted by atomic mass is 9.82. The van der Waals surface area contributed by atoms with Crippen LogP contribution in [-0.2, 0) is 58.9 Å². The molecule has 2 unspecified atom stereocenters. The first-order valence-electron chi connectivity index (χ1n) is 22.3. The lowest BCUT2D eigenvalue weighted by molar-refractivity contribution is -0.197. The summed E-state index contributed by atoms with van der Waals surface area (Å²) in [5.74, 6) is -2.58. The molecule has 358 valence electrons. The predicted molar refractivity (Wildman–Crippen MR) is 239 cm³/mol. The molecule has 0 heterocycles. The Morgan fingerprint density at radius 3 is 1.80 bits per heavy atom. The van der Waals surface area contributed by atoms with Gasteiger partial charge in [0.25, 0.3) is 0 Å². The summed E-state index contributed by atoms with van der Waals surface area (Å²) in [7, 11) is 0. The number of carboxylic acids is 1. The maximum Gasteiger partial charge on any atom is 0.337 e. The second kappa shape index (κ2) is 28.5. The Balaban J connectivity index is 3.42. The van der Waals surface area contributed by atoms with E-state index in [9.17, 15) is 43.8 Å². The number of aliphatic hydroxyl groups is 1. The van der Waals surface area contributed by atoms with Crippen molar-refractivity contribution in [1.29, 1.82) is 0 Å². The smallest absolute Gasteiger partial charge is 0.337 e. The van der Waals surface area contributed by atoms with Crippen molar-refractivity contribution in [3.05, 3.63) is 42.0 Å². The van der Waals surface area contributed by atoms with E-state index in [1.165, 1.54) is 26.3 Å². The maximum atomic E-state index is 14.3. The third-order valence-corrected chi connectivity index (χ3v) is 9.85. The zero-order valence-corrected chi connectivity index (χ0v) is 39.7. The highest BCUT2D eigenvalue weighted by Gasteiger charge is 2.50. The topological polar surface area (TPSA) is 218 Å². The quantitative estimate of drug-likeness (QED) is 0.0231. The molecule has 0 aliphatic carbocycles. The maximum absolute atomic E-state index is 14.3. The number of amides is 1. The van der Waals surface area contributed by atoms with E-state index in [1.807, 2.05) is 0 Å². The van der Waals surface area contributed by atoms with Crippen LogP contribution in [-0.4, -0.2) is 82.6 Å². The summed E-state index contributed by atoms with van der Waals surface area (Å²) in [5.41, 5.74) is -4.51. The van der Waals surface area contributed by atoms with Crippen LogP contribution in [0.2, 0.25) is 0 Å². The first-order chi connectivity index (χ1) is 29.9. The van der Waals surface area contributed by atoms with Gasteiger partial charge < -0.3 is 39.2 Å². The van der Waals surface area contributed by atoms with Crippen LogP contribution in [0.1, 0.15) is 158 Å². The van der Waals surface area contributed by atoms with Crippen LogP contribution in [0.4, 0.5) is 0 Å². The van der Waals surface area contributed by atoms with Gasteiger partial charge in [-0.05, 0) is 91.8 Å². The Kier molecular flexibility index (Phi) is 25.3. The minimum atomic E-state index is -3.13. The van der Waals surface area contributed by atoms with Gasteiger partial charge in [0, 0.05) is 33.1 Å². The largest absolute Gasteiger partial charge is 0.481 e. The fourth-order valence-corrected chi connectivity index (χ4v) is 6.00. The average Bonchev–Trinajstić information content (AvgIpc) is 3.19. The van der Waals surface area contributed by atoms with E-state index in [1.54, 1.807) is 72.7 Å². The molecule has 15 nitrogen and oxygen atoms in total. The minimum Gasteiger partial charge on any atom is -0.481 e. The fraction of sp³-hybridized carbons (Fsp3) is 0.653. The summed E-state index contributed by atoms with van der Waals surface area (Å²) in [5, 5.41) is 24.7. The zero-order valence-electron chi connectivity index (χ0n) is 39.7. The van der Waals surface area contributed by atoms with Gasteiger partial charge in [0.2, 0.25) is 18.5 Å². The van der Waals surface area contributed by atoms with E-state index in [4.69, 9.17) is 23.7 Å². The molecule has 64 heavy (non-hydrogen) atoms. The second-order valence-electron chi connectivity index (χ2n) is 18.0. The molecule has 0 fully saturated rings. The molecular formula is C49H73NO14. The molecule has 1 aromatic carbocycles. The highest BCUT2D eigenvalue weighted by molar-refractivity contribution is 5.95. The molecule has 3 N–H and O–H groups in total. The number of nitrogens with one attached hydrogen (secondary N) is 1. The lowest BCUT2D eigenvalue weighted by Gasteiger charge is -2.31. The number of aliphatic carboxylic acids is 1. The first-order valence-corrected chi connectivity index (χ1v) is 22.3. The molecule has 0 saturated carbocycles. The number of carbonyl (C=O) groups excluding carboxylic acids is 6. The molecule has 0 saturated heterocycles. The Hall–Kier alpha value is -5.23. The number of hydrogen-bond acceptors (Lipinski definition) is 13. The number of ketones is 1. The fourth-order valence-electron chi connectivity index (χ4n) is 6.00. The van der Waals surface area contributed by atoms with Crippen molar-refractivity contribution in [3.63, 3.8) is 0 Å². The van der Waals surface area contributed by atoms with E-state index in [-0.39, 0.29) is 18.8 Å². The molecular weight excluding hydrogens is 827 g/mol. The van der Waals surface area contributed by atoms with Crippen LogP contribution in [0.15, 0.2) is 36.4 Å². The van der Waals surface area contributed by atoms with Crippen molar-refractivity contribution in [1.82, 2.24) is 5.32 Å². The van der Waals surface area contributed by atoms with Crippen LogP contribution >= 0.6 is 0 Å². The molecule has 0 aromatic heterocycles. The van der Waals surface area contributed by atoms with Crippen molar-refractivity contribution < 1.29 is 67.5 Å². The Morgan fingerprint density at radius 2 is 1.28 bits per heavy atom. The third kappa shape index (κ3) is 22.4. The molecule has 1 rings (SSSR count). The Bertz CT molecular complexity index is 1760. The molecule has 1 aromatic rings. The second-order valence-corrected chi connectivity index (χ2v) is 18.0. The normalized spacial score (nSPS) is 14.4. The van der Waals surface area contributed by atoms with Gasteiger partial charge in [-0.2, -0.15) is 0 Å². The number of esters is 4. The van der Waals surface area contributed by atoms with Gasteiger partial charge in [-0.25, -0.2) is 9.59 Å². The van der Waals surface area contributed by atoms with Crippen molar-refractivity contribution in [3.8, 4) is 17.6 Å². The van der Waals surface area contributed by atoms with E-state index < -0.39 is 83.1 Å². The Labute approximate surface area is 379 Å². The number of carbonyl (C=O) groups is 7. The van der Waals surface area contributed by atoms with E-state index in [2.05, 4.69) is 24.1 Å². The SMILES string of the molecule is CC#CCOc1ccc(C[C@H](NC(=O)[C@@H](/C=C/CCCCCCC(=O)CCCCCCC)[C@@](O)(CC(=O)OC(C)OC(=O)C(C)(C)C)C(=O)O)C(=O)OC(C)OC(=O)C(C)(C)C)cc1. The lowest BCUT2D eigenvalue weighted by Crippen LogP contribution is -2.56. The number of hydrogen-bond donors (Lipinski definition) is 3. The molecule has 0 spiro atoms. The molecule has 0 radical (unpaired) electrons.